The third-order valence-corrected chi connectivity index (χ3v) is 16.1. The molecule has 4 aliphatic carbocycles. The van der Waals surface area contributed by atoms with Gasteiger partial charge in [0.1, 0.15) is 0 Å². The average Bonchev–Trinajstić information content (AvgIpc) is 3.26. The van der Waals surface area contributed by atoms with Crippen molar-refractivity contribution in [1.82, 2.24) is 0 Å². The standard InChI is InChI=1S/C28H52Si/c1-6-7-12-20(2)17-22-19-28(26-16-11-9-14-24(22)26)29(4,5)27-18-21(3)23-13-8-10-15-25(23)27/h20-28H,6-19H2,1-5H3. The molecule has 168 valence electrons. The van der Waals surface area contributed by atoms with Crippen LogP contribution < -0.4 is 0 Å². The van der Waals surface area contributed by atoms with Gasteiger partial charge in [0.05, 0.1) is 8.07 Å². The van der Waals surface area contributed by atoms with E-state index in [2.05, 4.69) is 33.9 Å². The Morgan fingerprint density at radius 3 is 2.00 bits per heavy atom. The van der Waals surface area contributed by atoms with Crippen molar-refractivity contribution in [2.24, 2.45) is 41.4 Å². The van der Waals surface area contributed by atoms with E-state index in [1.807, 2.05) is 0 Å². The summed E-state index contributed by atoms with van der Waals surface area (Å²) in [5.74, 6) is 7.58. The van der Waals surface area contributed by atoms with Crippen LogP contribution in [-0.4, -0.2) is 8.07 Å². The van der Waals surface area contributed by atoms with E-state index in [-0.39, 0.29) is 0 Å². The van der Waals surface area contributed by atoms with Gasteiger partial charge in [0, 0.05) is 0 Å². The van der Waals surface area contributed by atoms with Crippen molar-refractivity contribution >= 4 is 8.07 Å². The van der Waals surface area contributed by atoms with Crippen molar-refractivity contribution in [1.29, 1.82) is 0 Å². The van der Waals surface area contributed by atoms with Crippen molar-refractivity contribution in [3.63, 3.8) is 0 Å². The maximum Gasteiger partial charge on any atom is 0.0541 e. The molecular weight excluding hydrogens is 364 g/mol. The summed E-state index contributed by atoms with van der Waals surface area (Å²) >= 11 is 0. The van der Waals surface area contributed by atoms with Gasteiger partial charge < -0.3 is 0 Å². The molecule has 0 aliphatic heterocycles. The summed E-state index contributed by atoms with van der Waals surface area (Å²) in [6.07, 6.45) is 21.7. The fraction of sp³-hybridized carbons (Fsp3) is 1.00. The molecule has 0 heterocycles. The molecule has 9 unspecified atom stereocenters. The van der Waals surface area contributed by atoms with Gasteiger partial charge >= 0.3 is 0 Å². The van der Waals surface area contributed by atoms with E-state index in [0.717, 1.165) is 52.5 Å². The molecule has 0 aromatic carbocycles. The Morgan fingerprint density at radius 1 is 0.793 bits per heavy atom. The molecule has 4 fully saturated rings. The van der Waals surface area contributed by atoms with E-state index >= 15 is 0 Å². The first kappa shape index (κ1) is 22.4. The number of hydrogen-bond donors (Lipinski definition) is 0. The van der Waals surface area contributed by atoms with Crippen LogP contribution in [0.4, 0.5) is 0 Å². The van der Waals surface area contributed by atoms with Gasteiger partial charge in [-0.25, -0.2) is 0 Å². The molecule has 29 heavy (non-hydrogen) atoms. The van der Waals surface area contributed by atoms with Crippen molar-refractivity contribution in [2.75, 3.05) is 0 Å². The molecular formula is C28H52Si. The lowest BCUT2D eigenvalue weighted by molar-refractivity contribution is 0.202. The molecule has 0 amide bonds. The smallest absolute Gasteiger partial charge is 0.0541 e. The summed E-state index contributed by atoms with van der Waals surface area (Å²) in [4.78, 5) is 0. The van der Waals surface area contributed by atoms with Crippen LogP contribution in [0.1, 0.15) is 111 Å². The van der Waals surface area contributed by atoms with Gasteiger partial charge in [0.25, 0.3) is 0 Å². The van der Waals surface area contributed by atoms with Gasteiger partial charge in [-0.15, -0.1) is 0 Å². The van der Waals surface area contributed by atoms with Crippen LogP contribution in [0.5, 0.6) is 0 Å². The summed E-state index contributed by atoms with van der Waals surface area (Å²) < 4.78 is 0. The van der Waals surface area contributed by atoms with Crippen LogP contribution in [0.2, 0.25) is 24.2 Å². The van der Waals surface area contributed by atoms with E-state index < -0.39 is 8.07 Å². The summed E-state index contributed by atoms with van der Waals surface area (Å²) in [7, 11) is -1.21. The summed E-state index contributed by atoms with van der Waals surface area (Å²) in [6.45, 7) is 13.4. The summed E-state index contributed by atoms with van der Waals surface area (Å²) in [6, 6.07) is 0. The molecule has 4 rings (SSSR count). The van der Waals surface area contributed by atoms with Gasteiger partial charge in [-0.05, 0) is 84.6 Å². The first-order valence-electron chi connectivity index (χ1n) is 13.9. The van der Waals surface area contributed by atoms with Crippen molar-refractivity contribution in [2.45, 2.75) is 135 Å². The largest absolute Gasteiger partial charge is 0.0689 e. The molecule has 1 heteroatoms. The van der Waals surface area contributed by atoms with Gasteiger partial charge in [-0.2, -0.15) is 0 Å². The maximum absolute atomic E-state index is 2.89. The molecule has 0 aromatic rings. The second kappa shape index (κ2) is 9.38. The first-order chi connectivity index (χ1) is 13.9. The van der Waals surface area contributed by atoms with Crippen LogP contribution in [-0.2, 0) is 0 Å². The Bertz CT molecular complexity index is 524. The van der Waals surface area contributed by atoms with Crippen molar-refractivity contribution in [3.8, 4) is 0 Å². The zero-order valence-electron chi connectivity index (χ0n) is 20.6. The minimum atomic E-state index is -1.21. The van der Waals surface area contributed by atoms with E-state index in [4.69, 9.17) is 0 Å². The normalized spacial score (nSPS) is 43.8. The number of hydrogen-bond acceptors (Lipinski definition) is 0. The predicted octanol–water partition coefficient (Wildman–Crippen LogP) is 9.32. The Balaban J connectivity index is 1.50. The molecule has 0 saturated heterocycles. The zero-order chi connectivity index (χ0) is 20.6. The quantitative estimate of drug-likeness (QED) is 0.362. The van der Waals surface area contributed by atoms with E-state index in [0.29, 0.717) is 0 Å². The van der Waals surface area contributed by atoms with Crippen LogP contribution in [0.15, 0.2) is 0 Å². The molecule has 4 aliphatic rings. The second-order valence-electron chi connectivity index (χ2n) is 13.0. The highest BCUT2D eigenvalue weighted by Crippen LogP contribution is 2.64. The Labute approximate surface area is 184 Å². The predicted molar refractivity (Wildman–Crippen MR) is 131 cm³/mol. The number of fused-ring (bicyclic) bond motifs is 2. The molecule has 9 atom stereocenters. The zero-order valence-corrected chi connectivity index (χ0v) is 21.6. The summed E-state index contributed by atoms with van der Waals surface area (Å²) in [5.41, 5.74) is 2.32. The molecule has 0 nitrogen and oxygen atoms in total. The molecule has 0 aromatic heterocycles. The van der Waals surface area contributed by atoms with Gasteiger partial charge in [-0.3, -0.25) is 0 Å². The minimum Gasteiger partial charge on any atom is -0.0689 e. The third kappa shape index (κ3) is 4.42. The highest BCUT2D eigenvalue weighted by atomic mass is 28.3. The van der Waals surface area contributed by atoms with Gasteiger partial charge in [-0.1, -0.05) is 91.7 Å². The van der Waals surface area contributed by atoms with Crippen molar-refractivity contribution in [3.05, 3.63) is 0 Å². The van der Waals surface area contributed by atoms with Gasteiger partial charge in [0.2, 0.25) is 0 Å². The lowest BCUT2D eigenvalue weighted by atomic mass is 9.75. The molecule has 4 saturated carbocycles. The van der Waals surface area contributed by atoms with Crippen LogP contribution in [0, 0.1) is 41.4 Å². The highest BCUT2D eigenvalue weighted by Gasteiger charge is 2.56. The highest BCUT2D eigenvalue weighted by molar-refractivity contribution is 6.80. The molecule has 0 radical (unpaired) electrons. The summed E-state index contributed by atoms with van der Waals surface area (Å²) in [5, 5.41) is 0. The SMILES string of the molecule is CCCCC(C)CC1CC([Si](C)(C)C2CC(C)C3CCCCC32)C2CCCCC12. The van der Waals surface area contributed by atoms with Gasteiger partial charge in [0.15, 0.2) is 0 Å². The lowest BCUT2D eigenvalue weighted by Gasteiger charge is -2.45. The lowest BCUT2D eigenvalue weighted by Crippen LogP contribution is -2.43. The fourth-order valence-electron chi connectivity index (χ4n) is 9.54. The average molecular weight is 417 g/mol. The van der Waals surface area contributed by atoms with Crippen LogP contribution >= 0.6 is 0 Å². The van der Waals surface area contributed by atoms with Crippen LogP contribution in [0.25, 0.3) is 0 Å². The Hall–Kier alpha value is 0.217. The first-order valence-corrected chi connectivity index (χ1v) is 17.1. The monoisotopic (exact) mass is 416 g/mol. The number of rotatable bonds is 7. The third-order valence-electron chi connectivity index (χ3n) is 11.0. The van der Waals surface area contributed by atoms with Crippen LogP contribution in [0.3, 0.4) is 0 Å². The van der Waals surface area contributed by atoms with E-state index in [1.54, 1.807) is 64.2 Å². The van der Waals surface area contributed by atoms with E-state index in [1.165, 1.54) is 25.7 Å². The molecule has 0 spiro atoms. The fourth-order valence-corrected chi connectivity index (χ4v) is 15.0. The molecule has 0 bridgehead atoms. The Morgan fingerprint density at radius 2 is 1.34 bits per heavy atom. The van der Waals surface area contributed by atoms with E-state index in [9.17, 15) is 0 Å². The maximum atomic E-state index is 2.89. The molecule has 0 N–H and O–H groups in total. The minimum absolute atomic E-state index is 0.972. The Kier molecular flexibility index (Phi) is 7.25. The van der Waals surface area contributed by atoms with Crippen molar-refractivity contribution < 1.29 is 0 Å². The number of unbranched alkanes of at least 4 members (excludes halogenated alkanes) is 1. The second-order valence-corrected chi connectivity index (χ2v) is 18.1. The topological polar surface area (TPSA) is 0 Å².